The van der Waals surface area contributed by atoms with Crippen molar-refractivity contribution in [2.45, 2.75) is 64.9 Å². The van der Waals surface area contributed by atoms with Crippen molar-refractivity contribution in [3.8, 4) is 17.2 Å². The van der Waals surface area contributed by atoms with Gasteiger partial charge in [-0.1, -0.05) is 45.6 Å². The van der Waals surface area contributed by atoms with Crippen LogP contribution in [0.15, 0.2) is 18.2 Å². The lowest BCUT2D eigenvalue weighted by atomic mass is 10.1. The number of rotatable bonds is 9. The van der Waals surface area contributed by atoms with Crippen molar-refractivity contribution in [3.05, 3.63) is 18.2 Å². The monoisotopic (exact) mass is 266 g/mol. The molecule has 0 aromatic heterocycles. The van der Waals surface area contributed by atoms with Crippen molar-refractivity contribution in [1.82, 2.24) is 0 Å². The van der Waals surface area contributed by atoms with Crippen LogP contribution in [0.5, 0.6) is 17.2 Å². The summed E-state index contributed by atoms with van der Waals surface area (Å²) in [6.45, 7) is 4.29. The second kappa shape index (κ2) is 8.68. The number of unbranched alkanes of at least 4 members (excludes halogenated alkanes) is 4. The average Bonchev–Trinajstić information content (AvgIpc) is 2.42. The van der Waals surface area contributed by atoms with Gasteiger partial charge in [-0.3, -0.25) is 0 Å². The zero-order valence-corrected chi connectivity index (χ0v) is 12.1. The molecule has 0 radical (unpaired) electrons. The van der Waals surface area contributed by atoms with Crippen molar-refractivity contribution in [2.24, 2.45) is 0 Å². The third-order valence-electron chi connectivity index (χ3n) is 3.36. The maximum atomic E-state index is 9.71. The zero-order chi connectivity index (χ0) is 14.1. The lowest BCUT2D eigenvalue weighted by Crippen LogP contribution is -2.15. The number of hydrogen-bond acceptors (Lipinski definition) is 3. The van der Waals surface area contributed by atoms with Crippen LogP contribution in [0.2, 0.25) is 0 Å². The summed E-state index contributed by atoms with van der Waals surface area (Å²) < 4.78 is 5.77. The smallest absolute Gasteiger partial charge is 0.200 e. The predicted molar refractivity (Wildman–Crippen MR) is 77.9 cm³/mol. The maximum Gasteiger partial charge on any atom is 0.200 e. The standard InChI is InChI=1S/C16H26O3/c1-3-5-6-7-8-10-13(4-2)19-15-12-9-11-14(17)16(15)18/h9,11-13,17-18H,3-8,10H2,1-2H3. The fraction of sp³-hybridized carbons (Fsp3) is 0.625. The molecule has 0 aliphatic carbocycles. The van der Waals surface area contributed by atoms with Gasteiger partial charge in [0.2, 0.25) is 5.75 Å². The highest BCUT2D eigenvalue weighted by Gasteiger charge is 2.12. The molecule has 108 valence electrons. The molecule has 1 rings (SSSR count). The van der Waals surface area contributed by atoms with E-state index in [2.05, 4.69) is 13.8 Å². The molecule has 3 heteroatoms. The Morgan fingerprint density at radius 1 is 1.05 bits per heavy atom. The normalized spacial score (nSPS) is 12.3. The number of phenolic OH excluding ortho intramolecular Hbond substituents is 2. The Bertz CT molecular complexity index is 363. The van der Waals surface area contributed by atoms with E-state index >= 15 is 0 Å². The predicted octanol–water partition coefficient (Wildman–Crippen LogP) is 4.62. The van der Waals surface area contributed by atoms with Gasteiger partial charge in [-0.25, -0.2) is 0 Å². The summed E-state index contributed by atoms with van der Waals surface area (Å²) in [5, 5.41) is 19.1. The second-order valence-electron chi connectivity index (χ2n) is 4.97. The number of benzene rings is 1. The fourth-order valence-electron chi connectivity index (χ4n) is 2.11. The summed E-state index contributed by atoms with van der Waals surface area (Å²) in [6, 6.07) is 4.82. The summed E-state index contributed by atoms with van der Waals surface area (Å²) in [5.74, 6) is 0.0858. The molecule has 0 aliphatic rings. The molecule has 19 heavy (non-hydrogen) atoms. The van der Waals surface area contributed by atoms with E-state index in [1.807, 2.05) is 0 Å². The topological polar surface area (TPSA) is 49.7 Å². The summed E-state index contributed by atoms with van der Waals surface area (Å²) in [7, 11) is 0. The number of hydrogen-bond donors (Lipinski definition) is 2. The van der Waals surface area contributed by atoms with Gasteiger partial charge in [0.1, 0.15) is 0 Å². The Kier molecular flexibility index (Phi) is 7.16. The Hall–Kier alpha value is -1.38. The van der Waals surface area contributed by atoms with E-state index in [9.17, 15) is 10.2 Å². The molecule has 1 aromatic carbocycles. The Morgan fingerprint density at radius 2 is 1.79 bits per heavy atom. The Morgan fingerprint density at radius 3 is 2.47 bits per heavy atom. The highest BCUT2D eigenvalue weighted by atomic mass is 16.5. The molecule has 1 unspecified atom stereocenters. The molecule has 0 bridgehead atoms. The SMILES string of the molecule is CCCCCCCC(CC)Oc1cccc(O)c1O. The van der Waals surface area contributed by atoms with E-state index in [-0.39, 0.29) is 17.6 Å². The first-order chi connectivity index (χ1) is 9.19. The lowest BCUT2D eigenvalue weighted by molar-refractivity contribution is 0.175. The summed E-state index contributed by atoms with van der Waals surface area (Å²) in [4.78, 5) is 0. The van der Waals surface area contributed by atoms with Crippen molar-refractivity contribution in [3.63, 3.8) is 0 Å². The van der Waals surface area contributed by atoms with Gasteiger partial charge in [-0.05, 0) is 31.4 Å². The first-order valence-electron chi connectivity index (χ1n) is 7.36. The van der Waals surface area contributed by atoms with E-state index in [4.69, 9.17) is 4.74 Å². The van der Waals surface area contributed by atoms with Crippen molar-refractivity contribution < 1.29 is 14.9 Å². The Labute approximate surface area is 116 Å². The highest BCUT2D eigenvalue weighted by molar-refractivity contribution is 5.48. The van der Waals surface area contributed by atoms with E-state index in [1.54, 1.807) is 12.1 Å². The largest absolute Gasteiger partial charge is 0.504 e. The minimum atomic E-state index is -0.160. The molecule has 0 fully saturated rings. The number of aromatic hydroxyl groups is 2. The third kappa shape index (κ3) is 5.41. The molecule has 3 nitrogen and oxygen atoms in total. The molecule has 0 heterocycles. The second-order valence-corrected chi connectivity index (χ2v) is 4.97. The van der Waals surface area contributed by atoms with Gasteiger partial charge in [0.15, 0.2) is 11.5 Å². The third-order valence-corrected chi connectivity index (χ3v) is 3.36. The summed E-state index contributed by atoms with van der Waals surface area (Å²) in [5.41, 5.74) is 0. The van der Waals surface area contributed by atoms with Crippen LogP contribution in [0.3, 0.4) is 0 Å². The van der Waals surface area contributed by atoms with Crippen LogP contribution < -0.4 is 4.74 Å². The zero-order valence-electron chi connectivity index (χ0n) is 12.1. The van der Waals surface area contributed by atoms with Crippen LogP contribution in [-0.4, -0.2) is 16.3 Å². The molecule has 1 aromatic rings. The summed E-state index contributed by atoms with van der Waals surface area (Å²) >= 11 is 0. The van der Waals surface area contributed by atoms with Gasteiger partial charge in [0.25, 0.3) is 0 Å². The van der Waals surface area contributed by atoms with Crippen LogP contribution in [0.25, 0.3) is 0 Å². The molecule has 0 saturated heterocycles. The first kappa shape index (κ1) is 15.7. The van der Waals surface area contributed by atoms with Gasteiger partial charge in [0.05, 0.1) is 6.10 Å². The van der Waals surface area contributed by atoms with Crippen molar-refractivity contribution in [2.75, 3.05) is 0 Å². The van der Waals surface area contributed by atoms with Gasteiger partial charge < -0.3 is 14.9 Å². The molecular weight excluding hydrogens is 240 g/mol. The molecular formula is C16H26O3. The molecule has 2 N–H and O–H groups in total. The van der Waals surface area contributed by atoms with Crippen LogP contribution in [0.1, 0.15) is 58.8 Å². The molecule has 0 spiro atoms. The van der Waals surface area contributed by atoms with Gasteiger partial charge in [-0.2, -0.15) is 0 Å². The van der Waals surface area contributed by atoms with E-state index < -0.39 is 0 Å². The van der Waals surface area contributed by atoms with Crippen LogP contribution in [-0.2, 0) is 0 Å². The average molecular weight is 266 g/mol. The van der Waals surface area contributed by atoms with Crippen LogP contribution >= 0.6 is 0 Å². The molecule has 0 aliphatic heterocycles. The molecule has 0 saturated carbocycles. The highest BCUT2D eigenvalue weighted by Crippen LogP contribution is 2.35. The van der Waals surface area contributed by atoms with E-state index in [0.29, 0.717) is 5.75 Å². The lowest BCUT2D eigenvalue weighted by Gasteiger charge is -2.18. The molecule has 1 atom stereocenters. The fourth-order valence-corrected chi connectivity index (χ4v) is 2.11. The number of phenols is 2. The van der Waals surface area contributed by atoms with Crippen molar-refractivity contribution >= 4 is 0 Å². The number of para-hydroxylation sites is 1. The van der Waals surface area contributed by atoms with Gasteiger partial charge >= 0.3 is 0 Å². The van der Waals surface area contributed by atoms with Crippen LogP contribution in [0, 0.1) is 0 Å². The van der Waals surface area contributed by atoms with Crippen LogP contribution in [0.4, 0.5) is 0 Å². The van der Waals surface area contributed by atoms with Gasteiger partial charge in [0, 0.05) is 0 Å². The number of ether oxygens (including phenoxy) is 1. The minimum absolute atomic E-state index is 0.106. The molecule has 0 amide bonds. The minimum Gasteiger partial charge on any atom is -0.504 e. The Balaban J connectivity index is 2.41. The van der Waals surface area contributed by atoms with Gasteiger partial charge in [-0.15, -0.1) is 0 Å². The van der Waals surface area contributed by atoms with Crippen molar-refractivity contribution in [1.29, 1.82) is 0 Å². The maximum absolute atomic E-state index is 9.71. The van der Waals surface area contributed by atoms with E-state index in [0.717, 1.165) is 19.3 Å². The quantitative estimate of drug-likeness (QED) is 0.506. The first-order valence-corrected chi connectivity index (χ1v) is 7.36. The summed E-state index contributed by atoms with van der Waals surface area (Å²) in [6.07, 6.45) is 8.23. The van der Waals surface area contributed by atoms with E-state index in [1.165, 1.54) is 31.7 Å².